The second-order valence-corrected chi connectivity index (χ2v) is 2.63. The van der Waals surface area contributed by atoms with Crippen molar-refractivity contribution >= 4 is 0 Å². The summed E-state index contributed by atoms with van der Waals surface area (Å²) in [7, 11) is 0. The molecule has 0 aliphatic rings. The fourth-order valence-electron chi connectivity index (χ4n) is 0.991. The van der Waals surface area contributed by atoms with Crippen LogP contribution in [0.25, 0.3) is 0 Å². The van der Waals surface area contributed by atoms with Crippen molar-refractivity contribution in [2.75, 3.05) is 0 Å². The first-order valence-corrected chi connectivity index (χ1v) is 4.08. The van der Waals surface area contributed by atoms with Crippen LogP contribution >= 0.6 is 0 Å². The first kappa shape index (κ1) is 8.50. The van der Waals surface area contributed by atoms with E-state index in [0.717, 1.165) is 0 Å². The van der Waals surface area contributed by atoms with E-state index >= 15 is 0 Å². The van der Waals surface area contributed by atoms with Crippen LogP contribution in [0.2, 0.25) is 0 Å². The standard InChI is InChI=1S/C10H8N2O2/c13-8-3-1-4-9(7-8)14-10-11-5-2-6-12-10/h1-7,13H. The molecule has 0 saturated carbocycles. The number of aromatic nitrogens is 2. The normalized spacial score (nSPS) is 9.71. The van der Waals surface area contributed by atoms with Gasteiger partial charge in [-0.1, -0.05) is 6.07 Å². The van der Waals surface area contributed by atoms with Gasteiger partial charge < -0.3 is 9.84 Å². The van der Waals surface area contributed by atoms with Gasteiger partial charge in [-0.2, -0.15) is 0 Å². The molecule has 0 unspecified atom stereocenters. The van der Waals surface area contributed by atoms with Gasteiger partial charge in [0.15, 0.2) is 0 Å². The zero-order chi connectivity index (χ0) is 9.80. The van der Waals surface area contributed by atoms with Crippen molar-refractivity contribution in [1.82, 2.24) is 9.97 Å². The summed E-state index contributed by atoms with van der Waals surface area (Å²) in [6.45, 7) is 0. The average molecular weight is 188 g/mol. The van der Waals surface area contributed by atoms with Crippen LogP contribution in [0.15, 0.2) is 42.7 Å². The number of aromatic hydroxyl groups is 1. The fourth-order valence-corrected chi connectivity index (χ4v) is 0.991. The van der Waals surface area contributed by atoms with E-state index in [-0.39, 0.29) is 11.8 Å². The third-order valence-electron chi connectivity index (χ3n) is 1.57. The van der Waals surface area contributed by atoms with E-state index in [1.807, 2.05) is 0 Å². The van der Waals surface area contributed by atoms with E-state index in [2.05, 4.69) is 9.97 Å². The number of ether oxygens (including phenoxy) is 1. The minimum atomic E-state index is 0.151. The van der Waals surface area contributed by atoms with Crippen LogP contribution in [0.5, 0.6) is 17.5 Å². The molecule has 0 radical (unpaired) electrons. The first-order chi connectivity index (χ1) is 6.84. The fraction of sp³-hybridized carbons (Fsp3) is 0. The highest BCUT2D eigenvalue weighted by Gasteiger charge is 1.98. The van der Waals surface area contributed by atoms with E-state index in [1.54, 1.807) is 36.7 Å². The van der Waals surface area contributed by atoms with E-state index in [1.165, 1.54) is 6.07 Å². The van der Waals surface area contributed by atoms with E-state index in [4.69, 9.17) is 4.74 Å². The van der Waals surface area contributed by atoms with Crippen molar-refractivity contribution in [2.45, 2.75) is 0 Å². The monoisotopic (exact) mass is 188 g/mol. The zero-order valence-electron chi connectivity index (χ0n) is 7.29. The molecule has 0 amide bonds. The van der Waals surface area contributed by atoms with Crippen LogP contribution in [0.1, 0.15) is 0 Å². The number of hydrogen-bond donors (Lipinski definition) is 1. The lowest BCUT2D eigenvalue weighted by Crippen LogP contribution is -1.89. The molecule has 0 aliphatic carbocycles. The molecule has 2 rings (SSSR count). The van der Waals surface area contributed by atoms with E-state index < -0.39 is 0 Å². The third-order valence-corrected chi connectivity index (χ3v) is 1.57. The topological polar surface area (TPSA) is 55.2 Å². The highest BCUT2D eigenvalue weighted by Crippen LogP contribution is 2.21. The van der Waals surface area contributed by atoms with E-state index in [9.17, 15) is 5.11 Å². The summed E-state index contributed by atoms with van der Waals surface area (Å²) in [6, 6.07) is 8.44. The number of hydrogen-bond acceptors (Lipinski definition) is 4. The summed E-state index contributed by atoms with van der Waals surface area (Å²) in [5.74, 6) is 0.662. The van der Waals surface area contributed by atoms with Gasteiger partial charge in [0.05, 0.1) is 0 Å². The predicted octanol–water partition coefficient (Wildman–Crippen LogP) is 1.97. The van der Waals surface area contributed by atoms with Crippen molar-refractivity contribution in [3.63, 3.8) is 0 Å². The first-order valence-electron chi connectivity index (χ1n) is 4.08. The lowest BCUT2D eigenvalue weighted by Gasteiger charge is -2.02. The molecular weight excluding hydrogens is 180 g/mol. The van der Waals surface area contributed by atoms with Crippen LogP contribution in [0.4, 0.5) is 0 Å². The molecule has 2 aromatic rings. The Kier molecular flexibility index (Phi) is 2.27. The number of phenolic OH excluding ortho intramolecular Hbond substituents is 1. The smallest absolute Gasteiger partial charge is 0.321 e. The molecular formula is C10H8N2O2. The van der Waals surface area contributed by atoms with Gasteiger partial charge in [-0.3, -0.25) is 0 Å². The summed E-state index contributed by atoms with van der Waals surface area (Å²) in [5.41, 5.74) is 0. The summed E-state index contributed by atoms with van der Waals surface area (Å²) < 4.78 is 5.28. The van der Waals surface area contributed by atoms with Gasteiger partial charge in [0.1, 0.15) is 11.5 Å². The van der Waals surface area contributed by atoms with Crippen molar-refractivity contribution in [2.24, 2.45) is 0 Å². The Hall–Kier alpha value is -2.10. The molecule has 1 N–H and O–H groups in total. The Morgan fingerprint density at radius 2 is 1.86 bits per heavy atom. The number of rotatable bonds is 2. The number of benzene rings is 1. The zero-order valence-corrected chi connectivity index (χ0v) is 7.29. The number of nitrogens with zero attached hydrogens (tertiary/aromatic N) is 2. The highest BCUT2D eigenvalue weighted by molar-refractivity contribution is 5.33. The van der Waals surface area contributed by atoms with Gasteiger partial charge in [-0.05, 0) is 18.2 Å². The van der Waals surface area contributed by atoms with Crippen LogP contribution < -0.4 is 4.74 Å². The maximum Gasteiger partial charge on any atom is 0.321 e. The molecule has 1 heterocycles. The Labute approximate surface area is 80.8 Å². The minimum Gasteiger partial charge on any atom is -0.508 e. The second kappa shape index (κ2) is 3.74. The lowest BCUT2D eigenvalue weighted by molar-refractivity contribution is 0.431. The predicted molar refractivity (Wildman–Crippen MR) is 50.2 cm³/mol. The van der Waals surface area contributed by atoms with Gasteiger partial charge in [0.2, 0.25) is 0 Å². The maximum atomic E-state index is 9.17. The average Bonchev–Trinajstić information content (AvgIpc) is 2.19. The summed E-state index contributed by atoms with van der Waals surface area (Å²) in [6.07, 6.45) is 3.18. The molecule has 70 valence electrons. The van der Waals surface area contributed by atoms with Crippen LogP contribution in [0.3, 0.4) is 0 Å². The summed E-state index contributed by atoms with van der Waals surface area (Å²) >= 11 is 0. The largest absolute Gasteiger partial charge is 0.508 e. The molecule has 4 heteroatoms. The van der Waals surface area contributed by atoms with Gasteiger partial charge in [-0.25, -0.2) is 9.97 Å². The van der Waals surface area contributed by atoms with Gasteiger partial charge >= 0.3 is 6.01 Å². The molecule has 0 fully saturated rings. The summed E-state index contributed by atoms with van der Waals surface area (Å²) in [5, 5.41) is 9.17. The second-order valence-electron chi connectivity index (χ2n) is 2.63. The van der Waals surface area contributed by atoms with Gasteiger partial charge in [0, 0.05) is 18.5 Å². The summed E-state index contributed by atoms with van der Waals surface area (Å²) in [4.78, 5) is 7.78. The molecule has 14 heavy (non-hydrogen) atoms. The Balaban J connectivity index is 2.19. The maximum absolute atomic E-state index is 9.17. The quantitative estimate of drug-likeness (QED) is 0.782. The Morgan fingerprint density at radius 1 is 1.07 bits per heavy atom. The molecule has 0 atom stereocenters. The van der Waals surface area contributed by atoms with Crippen LogP contribution in [-0.2, 0) is 0 Å². The Bertz CT molecular complexity index is 417. The highest BCUT2D eigenvalue weighted by atomic mass is 16.5. The van der Waals surface area contributed by atoms with Crippen molar-refractivity contribution in [1.29, 1.82) is 0 Å². The third kappa shape index (κ3) is 1.98. The molecule has 0 spiro atoms. The molecule has 0 aliphatic heterocycles. The van der Waals surface area contributed by atoms with Crippen molar-refractivity contribution in [3.05, 3.63) is 42.7 Å². The van der Waals surface area contributed by atoms with E-state index in [0.29, 0.717) is 5.75 Å². The molecule has 1 aromatic carbocycles. The molecule has 0 saturated heterocycles. The molecule has 1 aromatic heterocycles. The molecule has 0 bridgehead atoms. The molecule has 4 nitrogen and oxygen atoms in total. The minimum absolute atomic E-state index is 0.151. The lowest BCUT2D eigenvalue weighted by atomic mass is 10.3. The van der Waals surface area contributed by atoms with Crippen molar-refractivity contribution in [3.8, 4) is 17.5 Å². The SMILES string of the molecule is Oc1cccc(Oc2ncccn2)c1. The number of phenols is 1. The van der Waals surface area contributed by atoms with Gasteiger partial charge in [0.25, 0.3) is 0 Å². The Morgan fingerprint density at radius 3 is 2.57 bits per heavy atom. The van der Waals surface area contributed by atoms with Crippen molar-refractivity contribution < 1.29 is 9.84 Å². The van der Waals surface area contributed by atoms with Crippen LogP contribution in [0, 0.1) is 0 Å². The van der Waals surface area contributed by atoms with Gasteiger partial charge in [-0.15, -0.1) is 0 Å². The van der Waals surface area contributed by atoms with Crippen LogP contribution in [-0.4, -0.2) is 15.1 Å².